The number of aryl methyl sites for hydroxylation is 1. The molecule has 1 heterocycles. The molecule has 1 aromatic carbocycles. The lowest BCUT2D eigenvalue weighted by atomic mass is 10.2. The predicted octanol–water partition coefficient (Wildman–Crippen LogP) is 3.14. The van der Waals surface area contributed by atoms with Crippen molar-refractivity contribution in [1.82, 2.24) is 5.43 Å². The maximum absolute atomic E-state index is 11.8. The molecule has 1 amide bonds. The Morgan fingerprint density at radius 1 is 1.33 bits per heavy atom. The zero-order valence-corrected chi connectivity index (χ0v) is 12.1. The van der Waals surface area contributed by atoms with Gasteiger partial charge in [-0.25, -0.2) is 5.43 Å². The minimum atomic E-state index is -0.291. The highest BCUT2D eigenvalue weighted by Gasteiger charge is 2.09. The van der Waals surface area contributed by atoms with Gasteiger partial charge in [-0.05, 0) is 49.2 Å². The van der Waals surface area contributed by atoms with Crippen LogP contribution in [0.3, 0.4) is 0 Å². The molecule has 110 valence electrons. The summed E-state index contributed by atoms with van der Waals surface area (Å²) in [6.45, 7) is 4.49. The highest BCUT2D eigenvalue weighted by atomic mass is 16.5. The number of hydrogen-bond acceptors (Lipinski definition) is 4. The molecule has 1 N–H and O–H groups in total. The van der Waals surface area contributed by atoms with Crippen LogP contribution in [0.2, 0.25) is 0 Å². The second-order valence-corrected chi connectivity index (χ2v) is 4.51. The molecule has 0 fully saturated rings. The summed E-state index contributed by atoms with van der Waals surface area (Å²) in [7, 11) is 0. The standard InChI is InChI=1S/C16H18N2O3/c1-3-9-21-14-6-4-13(5-7-14)11-17-18-16(19)15-8-10-20-12(15)2/h4-8,10-11H,3,9H2,1-2H3,(H,18,19). The number of hydrogen-bond donors (Lipinski definition) is 1. The molecule has 0 aliphatic rings. The molecule has 2 aromatic rings. The Hall–Kier alpha value is -2.56. The molecule has 5 heteroatoms. The highest BCUT2D eigenvalue weighted by molar-refractivity contribution is 5.95. The van der Waals surface area contributed by atoms with E-state index < -0.39 is 0 Å². The second-order valence-electron chi connectivity index (χ2n) is 4.51. The van der Waals surface area contributed by atoms with Gasteiger partial charge in [0, 0.05) is 0 Å². The van der Waals surface area contributed by atoms with E-state index in [0.717, 1.165) is 17.7 Å². The van der Waals surface area contributed by atoms with Crippen molar-refractivity contribution in [2.75, 3.05) is 6.61 Å². The van der Waals surface area contributed by atoms with Crippen LogP contribution in [0.5, 0.6) is 5.75 Å². The normalized spacial score (nSPS) is 10.8. The molecule has 21 heavy (non-hydrogen) atoms. The number of nitrogens with one attached hydrogen (secondary N) is 1. The number of amides is 1. The largest absolute Gasteiger partial charge is 0.494 e. The maximum Gasteiger partial charge on any atom is 0.274 e. The second kappa shape index (κ2) is 7.28. The highest BCUT2D eigenvalue weighted by Crippen LogP contribution is 2.11. The Kier molecular flexibility index (Phi) is 5.15. The van der Waals surface area contributed by atoms with Crippen molar-refractivity contribution in [3.8, 4) is 5.75 Å². The molecule has 0 aliphatic heterocycles. The summed E-state index contributed by atoms with van der Waals surface area (Å²) in [5.74, 6) is 1.10. The van der Waals surface area contributed by atoms with Gasteiger partial charge >= 0.3 is 0 Å². The zero-order chi connectivity index (χ0) is 15.1. The molecule has 0 radical (unpaired) electrons. The van der Waals surface area contributed by atoms with E-state index in [-0.39, 0.29) is 5.91 Å². The quantitative estimate of drug-likeness (QED) is 0.655. The van der Waals surface area contributed by atoms with Gasteiger partial charge in [0.05, 0.1) is 24.6 Å². The number of nitrogens with zero attached hydrogens (tertiary/aromatic N) is 1. The van der Waals surface area contributed by atoms with Crippen LogP contribution in [0.25, 0.3) is 0 Å². The topological polar surface area (TPSA) is 63.8 Å². The van der Waals surface area contributed by atoms with E-state index in [4.69, 9.17) is 9.15 Å². The van der Waals surface area contributed by atoms with Crippen molar-refractivity contribution in [2.45, 2.75) is 20.3 Å². The fourth-order valence-corrected chi connectivity index (χ4v) is 1.72. The van der Waals surface area contributed by atoms with Crippen LogP contribution in [0.1, 0.15) is 35.0 Å². The first-order valence-electron chi connectivity index (χ1n) is 6.81. The number of hydrazone groups is 1. The number of rotatable bonds is 6. The van der Waals surface area contributed by atoms with Gasteiger partial charge in [-0.2, -0.15) is 5.10 Å². The summed E-state index contributed by atoms with van der Waals surface area (Å²) < 4.78 is 10.6. The van der Waals surface area contributed by atoms with E-state index in [1.165, 1.54) is 6.26 Å². The summed E-state index contributed by atoms with van der Waals surface area (Å²) in [6, 6.07) is 9.12. The van der Waals surface area contributed by atoms with Crippen molar-refractivity contribution < 1.29 is 13.9 Å². The molecular formula is C16H18N2O3. The van der Waals surface area contributed by atoms with E-state index in [2.05, 4.69) is 17.5 Å². The predicted molar refractivity (Wildman–Crippen MR) is 80.7 cm³/mol. The van der Waals surface area contributed by atoms with Crippen LogP contribution in [0, 0.1) is 6.92 Å². The number of furan rings is 1. The maximum atomic E-state index is 11.8. The molecule has 0 unspecified atom stereocenters. The molecule has 0 aliphatic carbocycles. The van der Waals surface area contributed by atoms with E-state index in [0.29, 0.717) is 17.9 Å². The van der Waals surface area contributed by atoms with Crippen LogP contribution in [0.15, 0.2) is 46.1 Å². The van der Waals surface area contributed by atoms with Gasteiger partial charge in [-0.15, -0.1) is 0 Å². The molecule has 0 atom stereocenters. The Balaban J connectivity index is 1.89. The van der Waals surface area contributed by atoms with E-state index in [1.807, 2.05) is 24.3 Å². The SMILES string of the molecule is CCCOc1ccc(C=NNC(=O)c2ccoc2C)cc1. The lowest BCUT2D eigenvalue weighted by molar-refractivity contribution is 0.0953. The molecule has 0 spiro atoms. The fourth-order valence-electron chi connectivity index (χ4n) is 1.72. The molecule has 1 aromatic heterocycles. The van der Waals surface area contributed by atoms with Crippen LogP contribution in [-0.2, 0) is 0 Å². The lowest BCUT2D eigenvalue weighted by Gasteiger charge is -2.03. The molecular weight excluding hydrogens is 268 g/mol. The van der Waals surface area contributed by atoms with E-state index in [1.54, 1.807) is 19.2 Å². The Bertz CT molecular complexity index is 615. The minimum Gasteiger partial charge on any atom is -0.494 e. The number of ether oxygens (including phenoxy) is 1. The van der Waals surface area contributed by atoms with Gasteiger partial charge in [0.25, 0.3) is 5.91 Å². The van der Waals surface area contributed by atoms with Gasteiger partial charge in [0.15, 0.2) is 0 Å². The Morgan fingerprint density at radius 2 is 2.10 bits per heavy atom. The van der Waals surface area contributed by atoms with Gasteiger partial charge < -0.3 is 9.15 Å². The Labute approximate surface area is 123 Å². The first-order valence-corrected chi connectivity index (χ1v) is 6.81. The molecule has 2 rings (SSSR count). The average molecular weight is 286 g/mol. The van der Waals surface area contributed by atoms with Crippen LogP contribution < -0.4 is 10.2 Å². The van der Waals surface area contributed by atoms with Crippen molar-refractivity contribution in [3.05, 3.63) is 53.5 Å². The van der Waals surface area contributed by atoms with Gasteiger partial charge in [-0.1, -0.05) is 6.92 Å². The van der Waals surface area contributed by atoms with Crippen molar-refractivity contribution in [2.24, 2.45) is 5.10 Å². The molecule has 5 nitrogen and oxygen atoms in total. The summed E-state index contributed by atoms with van der Waals surface area (Å²) in [5.41, 5.74) is 3.82. The first-order chi connectivity index (χ1) is 10.2. The zero-order valence-electron chi connectivity index (χ0n) is 12.1. The van der Waals surface area contributed by atoms with Crippen LogP contribution >= 0.6 is 0 Å². The fraction of sp³-hybridized carbons (Fsp3) is 0.250. The Morgan fingerprint density at radius 3 is 2.71 bits per heavy atom. The third-order valence-corrected chi connectivity index (χ3v) is 2.84. The monoisotopic (exact) mass is 286 g/mol. The smallest absolute Gasteiger partial charge is 0.274 e. The first kappa shape index (κ1) is 14.8. The summed E-state index contributed by atoms with van der Waals surface area (Å²) in [4.78, 5) is 11.8. The number of carbonyl (C=O) groups excluding carboxylic acids is 1. The third kappa shape index (κ3) is 4.21. The summed E-state index contributed by atoms with van der Waals surface area (Å²) in [6.07, 6.45) is 4.03. The minimum absolute atomic E-state index is 0.291. The third-order valence-electron chi connectivity index (χ3n) is 2.84. The summed E-state index contributed by atoms with van der Waals surface area (Å²) in [5, 5.41) is 3.92. The van der Waals surface area contributed by atoms with Gasteiger partial charge in [0.2, 0.25) is 0 Å². The van der Waals surface area contributed by atoms with Gasteiger partial charge in [0.1, 0.15) is 11.5 Å². The number of carbonyl (C=O) groups is 1. The van der Waals surface area contributed by atoms with Crippen LogP contribution in [-0.4, -0.2) is 18.7 Å². The van der Waals surface area contributed by atoms with E-state index >= 15 is 0 Å². The molecule has 0 saturated carbocycles. The van der Waals surface area contributed by atoms with Crippen molar-refractivity contribution in [1.29, 1.82) is 0 Å². The van der Waals surface area contributed by atoms with Crippen LogP contribution in [0.4, 0.5) is 0 Å². The lowest BCUT2D eigenvalue weighted by Crippen LogP contribution is -2.17. The van der Waals surface area contributed by atoms with E-state index in [9.17, 15) is 4.79 Å². The van der Waals surface area contributed by atoms with Crippen molar-refractivity contribution >= 4 is 12.1 Å². The average Bonchev–Trinajstić information content (AvgIpc) is 2.92. The molecule has 0 saturated heterocycles. The molecule has 0 bridgehead atoms. The number of benzene rings is 1. The van der Waals surface area contributed by atoms with Gasteiger partial charge in [-0.3, -0.25) is 4.79 Å². The van der Waals surface area contributed by atoms with Crippen molar-refractivity contribution in [3.63, 3.8) is 0 Å². The summed E-state index contributed by atoms with van der Waals surface area (Å²) >= 11 is 0.